The SMILES string of the molecule is CCC(CC1CC1)N1C(=O)C(C(C)C)NC(=O)C1C. The van der Waals surface area contributed by atoms with E-state index in [0.29, 0.717) is 0 Å². The average Bonchev–Trinajstić information content (AvgIpc) is 3.16. The topological polar surface area (TPSA) is 49.4 Å². The molecule has 0 aromatic carbocycles. The second-order valence-corrected chi connectivity index (χ2v) is 6.39. The molecule has 1 aliphatic heterocycles. The maximum absolute atomic E-state index is 12.6. The number of piperazine rings is 1. The van der Waals surface area contributed by atoms with Crippen LogP contribution in [0, 0.1) is 11.8 Å². The van der Waals surface area contributed by atoms with E-state index < -0.39 is 0 Å². The lowest BCUT2D eigenvalue weighted by Crippen LogP contribution is -2.66. The van der Waals surface area contributed by atoms with Gasteiger partial charge in [0.2, 0.25) is 11.8 Å². The number of nitrogens with one attached hydrogen (secondary N) is 1. The molecule has 1 N–H and O–H groups in total. The fourth-order valence-electron chi connectivity index (χ4n) is 2.98. The Balaban J connectivity index is 2.17. The van der Waals surface area contributed by atoms with Gasteiger partial charge in [-0.05, 0) is 31.6 Å². The minimum atomic E-state index is -0.350. The van der Waals surface area contributed by atoms with Gasteiger partial charge < -0.3 is 10.2 Å². The van der Waals surface area contributed by atoms with Crippen molar-refractivity contribution in [3.63, 3.8) is 0 Å². The highest BCUT2D eigenvalue weighted by molar-refractivity contribution is 5.97. The number of amides is 2. The summed E-state index contributed by atoms with van der Waals surface area (Å²) in [5, 5.41) is 2.86. The molecule has 1 heterocycles. The molecule has 108 valence electrons. The van der Waals surface area contributed by atoms with E-state index in [0.717, 1.165) is 18.8 Å². The number of rotatable bonds is 5. The number of hydrogen-bond acceptors (Lipinski definition) is 2. The number of hydrogen-bond donors (Lipinski definition) is 1. The van der Waals surface area contributed by atoms with Gasteiger partial charge in [0.25, 0.3) is 0 Å². The van der Waals surface area contributed by atoms with E-state index >= 15 is 0 Å². The van der Waals surface area contributed by atoms with Crippen LogP contribution in [0.25, 0.3) is 0 Å². The van der Waals surface area contributed by atoms with Gasteiger partial charge in [-0.1, -0.05) is 33.6 Å². The Hall–Kier alpha value is -1.06. The summed E-state index contributed by atoms with van der Waals surface area (Å²) >= 11 is 0. The fraction of sp³-hybridized carbons (Fsp3) is 0.867. The molecule has 19 heavy (non-hydrogen) atoms. The predicted octanol–water partition coefficient (Wildman–Crippen LogP) is 1.94. The molecule has 0 aromatic rings. The van der Waals surface area contributed by atoms with Gasteiger partial charge in [-0.3, -0.25) is 9.59 Å². The zero-order chi connectivity index (χ0) is 14.2. The van der Waals surface area contributed by atoms with Crippen molar-refractivity contribution in [2.24, 2.45) is 11.8 Å². The molecular formula is C15H26N2O2. The summed E-state index contributed by atoms with van der Waals surface area (Å²) in [6.45, 7) is 7.93. The number of carbonyl (C=O) groups is 2. The summed E-state index contributed by atoms with van der Waals surface area (Å²) < 4.78 is 0. The van der Waals surface area contributed by atoms with Crippen molar-refractivity contribution in [1.29, 1.82) is 0 Å². The van der Waals surface area contributed by atoms with Crippen molar-refractivity contribution in [1.82, 2.24) is 10.2 Å². The molecule has 2 rings (SSSR count). The van der Waals surface area contributed by atoms with Crippen LogP contribution in [0.1, 0.15) is 53.4 Å². The standard InChI is InChI=1S/C15H26N2O2/c1-5-12(8-11-6-7-11)17-10(4)14(18)16-13(9(2)3)15(17)19/h9-13H,5-8H2,1-4H3,(H,16,18). The minimum absolute atomic E-state index is 0.00690. The van der Waals surface area contributed by atoms with Crippen molar-refractivity contribution in [2.45, 2.75) is 71.5 Å². The highest BCUT2D eigenvalue weighted by Gasteiger charge is 2.43. The summed E-state index contributed by atoms with van der Waals surface area (Å²) in [4.78, 5) is 26.6. The summed E-state index contributed by atoms with van der Waals surface area (Å²) in [7, 11) is 0. The molecule has 0 bridgehead atoms. The molecule has 1 saturated heterocycles. The van der Waals surface area contributed by atoms with E-state index in [1.807, 2.05) is 25.7 Å². The average molecular weight is 266 g/mol. The quantitative estimate of drug-likeness (QED) is 0.826. The molecule has 2 fully saturated rings. The molecule has 4 nitrogen and oxygen atoms in total. The first-order valence-corrected chi connectivity index (χ1v) is 7.58. The highest BCUT2D eigenvalue weighted by Crippen LogP contribution is 2.36. The van der Waals surface area contributed by atoms with Crippen LogP contribution in [0.15, 0.2) is 0 Å². The Morgan fingerprint density at radius 3 is 2.42 bits per heavy atom. The number of carbonyl (C=O) groups excluding carboxylic acids is 2. The van der Waals surface area contributed by atoms with Crippen molar-refractivity contribution in [3.8, 4) is 0 Å². The maximum atomic E-state index is 12.6. The van der Waals surface area contributed by atoms with Gasteiger partial charge in [0, 0.05) is 6.04 Å². The van der Waals surface area contributed by atoms with Crippen LogP contribution in [-0.4, -0.2) is 34.8 Å². The van der Waals surface area contributed by atoms with Crippen molar-refractivity contribution in [3.05, 3.63) is 0 Å². The Bertz CT molecular complexity index is 363. The first-order valence-electron chi connectivity index (χ1n) is 7.58. The molecule has 3 atom stereocenters. The molecule has 1 aliphatic carbocycles. The molecule has 0 spiro atoms. The molecule has 0 aromatic heterocycles. The van der Waals surface area contributed by atoms with E-state index in [4.69, 9.17) is 0 Å². The molecule has 3 unspecified atom stereocenters. The van der Waals surface area contributed by atoms with Gasteiger partial charge >= 0.3 is 0 Å². The normalized spacial score (nSPS) is 29.6. The molecule has 0 radical (unpaired) electrons. The van der Waals surface area contributed by atoms with Crippen molar-refractivity contribution < 1.29 is 9.59 Å². The Kier molecular flexibility index (Phi) is 4.16. The fourth-order valence-corrected chi connectivity index (χ4v) is 2.98. The smallest absolute Gasteiger partial charge is 0.246 e. The van der Waals surface area contributed by atoms with Gasteiger partial charge in [-0.15, -0.1) is 0 Å². The van der Waals surface area contributed by atoms with Gasteiger partial charge in [-0.2, -0.15) is 0 Å². The van der Waals surface area contributed by atoms with Crippen LogP contribution in [0.3, 0.4) is 0 Å². The van der Waals surface area contributed by atoms with Crippen molar-refractivity contribution >= 4 is 11.8 Å². The van der Waals surface area contributed by atoms with E-state index in [2.05, 4.69) is 12.2 Å². The zero-order valence-corrected chi connectivity index (χ0v) is 12.5. The molecule has 2 amide bonds. The van der Waals surface area contributed by atoms with Crippen LogP contribution < -0.4 is 5.32 Å². The lowest BCUT2D eigenvalue weighted by molar-refractivity contribution is -0.153. The van der Waals surface area contributed by atoms with Gasteiger partial charge in [-0.25, -0.2) is 0 Å². The molecular weight excluding hydrogens is 240 g/mol. The van der Waals surface area contributed by atoms with Crippen molar-refractivity contribution in [2.75, 3.05) is 0 Å². The third-order valence-corrected chi connectivity index (χ3v) is 4.45. The van der Waals surface area contributed by atoms with Crippen LogP contribution >= 0.6 is 0 Å². The Labute approximate surface area is 115 Å². The third-order valence-electron chi connectivity index (χ3n) is 4.45. The first-order chi connectivity index (χ1) is 8.95. The largest absolute Gasteiger partial charge is 0.342 e. The van der Waals surface area contributed by atoms with Crippen LogP contribution in [0.5, 0.6) is 0 Å². The third kappa shape index (κ3) is 2.93. The maximum Gasteiger partial charge on any atom is 0.246 e. The molecule has 2 aliphatic rings. The van der Waals surface area contributed by atoms with E-state index in [1.165, 1.54) is 12.8 Å². The van der Waals surface area contributed by atoms with Crippen LogP contribution in [0.2, 0.25) is 0 Å². The van der Waals surface area contributed by atoms with Crippen LogP contribution in [-0.2, 0) is 9.59 Å². The summed E-state index contributed by atoms with van der Waals surface area (Å²) in [6, 6.07) is -0.453. The van der Waals surface area contributed by atoms with Gasteiger partial charge in [0.1, 0.15) is 12.1 Å². The van der Waals surface area contributed by atoms with E-state index in [-0.39, 0.29) is 35.9 Å². The Morgan fingerprint density at radius 1 is 1.32 bits per heavy atom. The lowest BCUT2D eigenvalue weighted by atomic mass is 9.94. The van der Waals surface area contributed by atoms with Gasteiger partial charge in [0.15, 0.2) is 0 Å². The second-order valence-electron chi connectivity index (χ2n) is 6.39. The van der Waals surface area contributed by atoms with E-state index in [1.54, 1.807) is 0 Å². The molecule has 4 heteroatoms. The minimum Gasteiger partial charge on any atom is -0.342 e. The second kappa shape index (κ2) is 5.51. The van der Waals surface area contributed by atoms with Gasteiger partial charge in [0.05, 0.1) is 0 Å². The lowest BCUT2D eigenvalue weighted by Gasteiger charge is -2.43. The molecule has 1 saturated carbocycles. The predicted molar refractivity (Wildman–Crippen MR) is 74.5 cm³/mol. The zero-order valence-electron chi connectivity index (χ0n) is 12.5. The first kappa shape index (κ1) is 14.4. The highest BCUT2D eigenvalue weighted by atomic mass is 16.2. The van der Waals surface area contributed by atoms with E-state index in [9.17, 15) is 9.59 Å². The summed E-state index contributed by atoms with van der Waals surface area (Å²) in [5.41, 5.74) is 0. The van der Waals surface area contributed by atoms with Crippen LogP contribution in [0.4, 0.5) is 0 Å². The monoisotopic (exact) mass is 266 g/mol. The Morgan fingerprint density at radius 2 is 1.95 bits per heavy atom. The number of nitrogens with zero attached hydrogens (tertiary/aromatic N) is 1. The summed E-state index contributed by atoms with van der Waals surface area (Å²) in [6.07, 6.45) is 4.56. The summed E-state index contributed by atoms with van der Waals surface area (Å²) in [5.74, 6) is 1.01.